The Morgan fingerprint density at radius 2 is 1.58 bits per heavy atom. The lowest BCUT2D eigenvalue weighted by Crippen LogP contribution is -2.35. The molecule has 0 aliphatic heterocycles. The second-order valence-corrected chi connectivity index (χ2v) is 10.8. The van der Waals surface area contributed by atoms with Gasteiger partial charge in [0.05, 0.1) is 6.10 Å². The van der Waals surface area contributed by atoms with Gasteiger partial charge >= 0.3 is 0 Å². The molecule has 1 atom stereocenters. The smallest absolute Gasteiger partial charge is 0.0707 e. The van der Waals surface area contributed by atoms with Gasteiger partial charge in [-0.1, -0.05) is 89.2 Å². The molecule has 3 nitrogen and oxygen atoms in total. The van der Waals surface area contributed by atoms with Crippen molar-refractivity contribution in [3.8, 4) is 0 Å². The van der Waals surface area contributed by atoms with Crippen LogP contribution < -0.4 is 0 Å². The first-order valence-electron chi connectivity index (χ1n) is 12.4. The zero-order valence-corrected chi connectivity index (χ0v) is 21.2. The minimum atomic E-state index is -0.368. The fourth-order valence-corrected chi connectivity index (χ4v) is 4.21. The Balaban J connectivity index is 1.66. The molecule has 0 saturated carbocycles. The zero-order valence-electron chi connectivity index (χ0n) is 21.2. The molecule has 1 heterocycles. The Morgan fingerprint density at radius 1 is 0.879 bits per heavy atom. The van der Waals surface area contributed by atoms with Crippen LogP contribution >= 0.6 is 0 Å². The van der Waals surface area contributed by atoms with Crippen LogP contribution in [0.2, 0.25) is 0 Å². The van der Waals surface area contributed by atoms with Crippen LogP contribution in [-0.2, 0) is 24.9 Å². The van der Waals surface area contributed by atoms with Crippen molar-refractivity contribution >= 4 is 0 Å². The van der Waals surface area contributed by atoms with Crippen molar-refractivity contribution in [1.29, 1.82) is 0 Å². The monoisotopic (exact) mass is 446 g/mol. The number of rotatable bonds is 11. The summed E-state index contributed by atoms with van der Waals surface area (Å²) in [6.45, 7) is 14.7. The van der Waals surface area contributed by atoms with E-state index in [0.717, 1.165) is 26.1 Å². The Hall–Kier alpha value is -2.36. The summed E-state index contributed by atoms with van der Waals surface area (Å²) in [6, 6.07) is 23.7. The maximum Gasteiger partial charge on any atom is 0.0707 e. The molecule has 33 heavy (non-hydrogen) atoms. The van der Waals surface area contributed by atoms with E-state index >= 15 is 0 Å². The topological polar surface area (TPSA) is 28.4 Å². The molecule has 2 aromatic carbocycles. The predicted molar refractivity (Wildman–Crippen MR) is 140 cm³/mol. The summed E-state index contributed by atoms with van der Waals surface area (Å²) in [5.41, 5.74) is 5.35. The number of hydrogen-bond donors (Lipinski definition) is 1. The molecule has 0 radical (unpaired) electrons. The van der Waals surface area contributed by atoms with Gasteiger partial charge in [-0.25, -0.2) is 0 Å². The third-order valence-electron chi connectivity index (χ3n) is 6.29. The van der Waals surface area contributed by atoms with Crippen LogP contribution in [0.25, 0.3) is 0 Å². The molecule has 0 aliphatic carbocycles. The summed E-state index contributed by atoms with van der Waals surface area (Å²) in [5.74, 6) is 0.645. The van der Waals surface area contributed by atoms with Crippen molar-refractivity contribution < 1.29 is 5.11 Å². The molecule has 178 valence electrons. The summed E-state index contributed by atoms with van der Waals surface area (Å²) in [7, 11) is 0. The number of aliphatic hydroxyl groups is 1. The second-order valence-electron chi connectivity index (χ2n) is 10.8. The molecular formula is C30H42N2O. The van der Waals surface area contributed by atoms with E-state index in [1.807, 2.05) is 18.2 Å². The Kier molecular flexibility index (Phi) is 8.94. The van der Waals surface area contributed by atoms with Crippen molar-refractivity contribution in [1.82, 2.24) is 9.47 Å². The first kappa shape index (κ1) is 25.3. The van der Waals surface area contributed by atoms with Crippen LogP contribution in [0, 0.1) is 5.92 Å². The first-order chi connectivity index (χ1) is 15.7. The Bertz CT molecular complexity index is 951. The van der Waals surface area contributed by atoms with Crippen molar-refractivity contribution in [2.45, 2.75) is 72.1 Å². The molecule has 3 heteroatoms. The quantitative estimate of drug-likeness (QED) is 0.375. The highest BCUT2D eigenvalue weighted by Gasteiger charge is 2.16. The molecule has 1 unspecified atom stereocenters. The molecule has 0 amide bonds. The summed E-state index contributed by atoms with van der Waals surface area (Å²) in [4.78, 5) is 2.42. The minimum Gasteiger partial charge on any atom is -0.391 e. The van der Waals surface area contributed by atoms with E-state index in [2.05, 4.69) is 98.8 Å². The molecule has 1 aromatic heterocycles. The summed E-state index contributed by atoms with van der Waals surface area (Å²) >= 11 is 0. The highest BCUT2D eigenvalue weighted by atomic mass is 16.3. The molecule has 3 rings (SSSR count). The van der Waals surface area contributed by atoms with E-state index < -0.39 is 0 Å². The van der Waals surface area contributed by atoms with E-state index in [9.17, 15) is 5.11 Å². The van der Waals surface area contributed by atoms with Gasteiger partial charge in [0.2, 0.25) is 0 Å². The van der Waals surface area contributed by atoms with E-state index in [1.54, 1.807) is 0 Å². The molecule has 1 N–H and O–H groups in total. The number of aromatic nitrogens is 1. The van der Waals surface area contributed by atoms with Crippen LogP contribution in [0.4, 0.5) is 0 Å². The highest BCUT2D eigenvalue weighted by molar-refractivity contribution is 5.28. The largest absolute Gasteiger partial charge is 0.391 e. The average molecular weight is 447 g/mol. The Morgan fingerprint density at radius 3 is 2.21 bits per heavy atom. The summed E-state index contributed by atoms with van der Waals surface area (Å²) in [5, 5.41) is 10.8. The maximum atomic E-state index is 10.8. The van der Waals surface area contributed by atoms with Gasteiger partial charge in [0.1, 0.15) is 0 Å². The van der Waals surface area contributed by atoms with Crippen molar-refractivity contribution in [2.24, 2.45) is 5.92 Å². The van der Waals surface area contributed by atoms with Crippen LogP contribution in [0.15, 0.2) is 72.9 Å². The number of nitrogens with zero attached hydrogens (tertiary/aromatic N) is 2. The molecule has 0 saturated heterocycles. The van der Waals surface area contributed by atoms with Gasteiger partial charge in [-0.3, -0.25) is 4.90 Å². The molecule has 0 spiro atoms. The van der Waals surface area contributed by atoms with Crippen LogP contribution in [0.3, 0.4) is 0 Å². The third kappa shape index (κ3) is 8.17. The fourth-order valence-electron chi connectivity index (χ4n) is 4.21. The molecule has 3 aromatic rings. The van der Waals surface area contributed by atoms with Gasteiger partial charge in [0, 0.05) is 31.5 Å². The lowest BCUT2D eigenvalue weighted by molar-refractivity contribution is 0.104. The fraction of sp³-hybridized carbons (Fsp3) is 0.467. The number of benzene rings is 2. The van der Waals surface area contributed by atoms with Gasteiger partial charge in [-0.15, -0.1) is 0 Å². The minimum absolute atomic E-state index is 0.175. The van der Waals surface area contributed by atoms with Crippen molar-refractivity contribution in [3.05, 3.63) is 95.3 Å². The maximum absolute atomic E-state index is 10.8. The van der Waals surface area contributed by atoms with Crippen LogP contribution in [0.1, 0.15) is 63.4 Å². The zero-order chi connectivity index (χ0) is 23.8. The van der Waals surface area contributed by atoms with Crippen molar-refractivity contribution in [3.63, 3.8) is 0 Å². The Labute approximate surface area is 201 Å². The van der Waals surface area contributed by atoms with E-state index in [4.69, 9.17) is 0 Å². The lowest BCUT2D eigenvalue weighted by Gasteiger charge is -2.26. The SMILES string of the molecule is CC(C)CCN(Cc1cccn1Cc1ccc(C(C)(C)C)cc1)CC(O)Cc1ccccc1. The number of hydrogen-bond acceptors (Lipinski definition) is 2. The number of aliphatic hydroxyl groups excluding tert-OH is 1. The second kappa shape index (κ2) is 11.7. The van der Waals surface area contributed by atoms with E-state index in [1.165, 1.54) is 22.4 Å². The lowest BCUT2D eigenvalue weighted by atomic mass is 9.87. The van der Waals surface area contributed by atoms with Gasteiger partial charge in [-0.05, 0) is 59.5 Å². The molecule has 0 bridgehead atoms. The molecule has 0 fully saturated rings. The molecule has 0 aliphatic rings. The van der Waals surface area contributed by atoms with Crippen molar-refractivity contribution in [2.75, 3.05) is 13.1 Å². The predicted octanol–water partition coefficient (Wildman–Crippen LogP) is 6.29. The van der Waals surface area contributed by atoms with Gasteiger partial charge < -0.3 is 9.67 Å². The third-order valence-corrected chi connectivity index (χ3v) is 6.29. The van der Waals surface area contributed by atoms with Gasteiger partial charge in [0.15, 0.2) is 0 Å². The van der Waals surface area contributed by atoms with Crippen LogP contribution in [-0.4, -0.2) is 33.8 Å². The van der Waals surface area contributed by atoms with Gasteiger partial charge in [0.25, 0.3) is 0 Å². The highest BCUT2D eigenvalue weighted by Crippen LogP contribution is 2.23. The average Bonchev–Trinajstić information content (AvgIpc) is 3.19. The summed E-state index contributed by atoms with van der Waals surface area (Å²) in [6.07, 6.45) is 3.63. The standard InChI is InChI=1S/C30H42N2O/c1-24(2)17-19-31(23-29(33)20-25-10-7-6-8-11-25)22-28-12-9-18-32(28)21-26-13-15-27(16-14-26)30(3,4)5/h6-16,18,24,29,33H,17,19-23H2,1-5H3. The summed E-state index contributed by atoms with van der Waals surface area (Å²) < 4.78 is 2.35. The van der Waals surface area contributed by atoms with Crippen LogP contribution in [0.5, 0.6) is 0 Å². The normalized spacial score (nSPS) is 13.1. The van der Waals surface area contributed by atoms with E-state index in [0.29, 0.717) is 18.9 Å². The van der Waals surface area contributed by atoms with E-state index in [-0.39, 0.29) is 11.5 Å². The first-order valence-corrected chi connectivity index (χ1v) is 12.4. The van der Waals surface area contributed by atoms with Gasteiger partial charge in [-0.2, -0.15) is 0 Å². The molecular weight excluding hydrogens is 404 g/mol.